The molecule has 0 amide bonds. The van der Waals surface area contributed by atoms with E-state index in [1.165, 1.54) is 5.56 Å². The van der Waals surface area contributed by atoms with Gasteiger partial charge >= 0.3 is 0 Å². The summed E-state index contributed by atoms with van der Waals surface area (Å²) in [6.45, 7) is 4.80. The van der Waals surface area contributed by atoms with Gasteiger partial charge in [0.2, 0.25) is 0 Å². The first-order chi connectivity index (χ1) is 7.63. The lowest BCUT2D eigenvalue weighted by Crippen LogP contribution is -2.20. The molecule has 0 aliphatic heterocycles. The zero-order chi connectivity index (χ0) is 12.0. The number of aliphatic hydroxyl groups excluding tert-OH is 1. The molecule has 3 nitrogen and oxygen atoms in total. The maximum atomic E-state index is 9.78. The minimum atomic E-state index is -0.520. The molecular formula is C13H21NO2. The molecule has 1 rings (SSSR count). The summed E-state index contributed by atoms with van der Waals surface area (Å²) in [5, 5.41) is 9.78. The standard InChI is InChI=1S/C13H21NO2/c1-10(2)8-11-4-6-12(7-5-11)13(15)9-14-16-3/h4-7,10,13-15H,8-9H2,1-3H3. The van der Waals surface area contributed by atoms with E-state index >= 15 is 0 Å². The molecule has 0 radical (unpaired) electrons. The Kier molecular flexibility index (Phi) is 5.46. The largest absolute Gasteiger partial charge is 0.387 e. The molecule has 1 aromatic rings. The SMILES string of the molecule is CONCC(O)c1ccc(CC(C)C)cc1. The van der Waals surface area contributed by atoms with Gasteiger partial charge in [0.1, 0.15) is 0 Å². The first-order valence-corrected chi connectivity index (χ1v) is 5.66. The number of hydroxylamine groups is 1. The normalized spacial score (nSPS) is 13.1. The van der Waals surface area contributed by atoms with Crippen LogP contribution in [0.2, 0.25) is 0 Å². The first kappa shape index (κ1) is 13.2. The van der Waals surface area contributed by atoms with Crippen LogP contribution >= 0.6 is 0 Å². The van der Waals surface area contributed by atoms with Crippen molar-refractivity contribution in [3.05, 3.63) is 35.4 Å². The molecule has 3 heteroatoms. The highest BCUT2D eigenvalue weighted by atomic mass is 16.6. The van der Waals surface area contributed by atoms with Gasteiger partial charge in [-0.3, -0.25) is 0 Å². The van der Waals surface area contributed by atoms with Crippen LogP contribution in [-0.2, 0) is 11.3 Å². The van der Waals surface area contributed by atoms with E-state index in [2.05, 4.69) is 31.5 Å². The first-order valence-electron chi connectivity index (χ1n) is 5.66. The van der Waals surface area contributed by atoms with Crippen LogP contribution in [0.5, 0.6) is 0 Å². The topological polar surface area (TPSA) is 41.5 Å². The monoisotopic (exact) mass is 223 g/mol. The van der Waals surface area contributed by atoms with E-state index in [0.717, 1.165) is 12.0 Å². The predicted octanol–water partition coefficient (Wildman–Crippen LogP) is 2.07. The van der Waals surface area contributed by atoms with Gasteiger partial charge in [-0.1, -0.05) is 38.1 Å². The van der Waals surface area contributed by atoms with Gasteiger partial charge in [0.15, 0.2) is 0 Å². The average molecular weight is 223 g/mol. The molecule has 2 N–H and O–H groups in total. The molecule has 1 aromatic carbocycles. The number of aliphatic hydroxyl groups is 1. The minimum absolute atomic E-state index is 0.403. The zero-order valence-corrected chi connectivity index (χ0v) is 10.2. The Labute approximate surface area is 97.4 Å². The summed E-state index contributed by atoms with van der Waals surface area (Å²) in [5.41, 5.74) is 4.87. The molecule has 0 aliphatic carbocycles. The van der Waals surface area contributed by atoms with Crippen molar-refractivity contribution in [2.24, 2.45) is 5.92 Å². The van der Waals surface area contributed by atoms with Crippen molar-refractivity contribution < 1.29 is 9.94 Å². The van der Waals surface area contributed by atoms with Crippen molar-refractivity contribution in [3.63, 3.8) is 0 Å². The van der Waals surface area contributed by atoms with E-state index < -0.39 is 6.10 Å². The highest BCUT2D eigenvalue weighted by Gasteiger charge is 2.06. The maximum Gasteiger partial charge on any atom is 0.0937 e. The molecule has 0 saturated carbocycles. The fraction of sp³-hybridized carbons (Fsp3) is 0.538. The average Bonchev–Trinajstić information content (AvgIpc) is 2.26. The number of hydrogen-bond donors (Lipinski definition) is 2. The summed E-state index contributed by atoms with van der Waals surface area (Å²) in [7, 11) is 1.54. The van der Waals surface area contributed by atoms with Crippen LogP contribution in [0.3, 0.4) is 0 Å². The summed E-state index contributed by atoms with van der Waals surface area (Å²) in [6.07, 6.45) is 0.556. The van der Waals surface area contributed by atoms with Gasteiger partial charge in [-0.2, -0.15) is 5.48 Å². The lowest BCUT2D eigenvalue weighted by Gasteiger charge is -2.12. The summed E-state index contributed by atoms with van der Waals surface area (Å²) in [6, 6.07) is 8.09. The predicted molar refractivity (Wildman–Crippen MR) is 65.0 cm³/mol. The van der Waals surface area contributed by atoms with Crippen LogP contribution in [-0.4, -0.2) is 18.8 Å². The van der Waals surface area contributed by atoms with Crippen LogP contribution in [0.25, 0.3) is 0 Å². The molecule has 16 heavy (non-hydrogen) atoms. The highest BCUT2D eigenvalue weighted by molar-refractivity contribution is 5.24. The third kappa shape index (κ3) is 4.31. The van der Waals surface area contributed by atoms with Gasteiger partial charge in [-0.15, -0.1) is 0 Å². The van der Waals surface area contributed by atoms with E-state index in [9.17, 15) is 5.11 Å². The second-order valence-corrected chi connectivity index (χ2v) is 4.41. The third-order valence-electron chi connectivity index (χ3n) is 2.43. The Balaban J connectivity index is 2.56. The zero-order valence-electron chi connectivity index (χ0n) is 10.2. The van der Waals surface area contributed by atoms with Gasteiger partial charge in [0.05, 0.1) is 19.8 Å². The summed E-state index contributed by atoms with van der Waals surface area (Å²) in [4.78, 5) is 4.70. The highest BCUT2D eigenvalue weighted by Crippen LogP contribution is 2.15. The Bertz CT molecular complexity index is 295. The van der Waals surface area contributed by atoms with Crippen LogP contribution < -0.4 is 5.48 Å². The van der Waals surface area contributed by atoms with E-state index in [-0.39, 0.29) is 0 Å². The van der Waals surface area contributed by atoms with E-state index in [1.807, 2.05) is 12.1 Å². The fourth-order valence-corrected chi connectivity index (χ4v) is 1.63. The van der Waals surface area contributed by atoms with Crippen LogP contribution in [0.1, 0.15) is 31.1 Å². The smallest absolute Gasteiger partial charge is 0.0937 e. The van der Waals surface area contributed by atoms with Gasteiger partial charge in [0, 0.05) is 0 Å². The number of benzene rings is 1. The Morgan fingerprint density at radius 1 is 1.25 bits per heavy atom. The van der Waals surface area contributed by atoms with Crippen molar-refractivity contribution >= 4 is 0 Å². The van der Waals surface area contributed by atoms with Gasteiger partial charge < -0.3 is 9.94 Å². The maximum absolute atomic E-state index is 9.78. The van der Waals surface area contributed by atoms with Crippen molar-refractivity contribution in [1.82, 2.24) is 5.48 Å². The number of rotatable bonds is 6. The van der Waals surface area contributed by atoms with Crippen molar-refractivity contribution in [1.29, 1.82) is 0 Å². The van der Waals surface area contributed by atoms with Gasteiger partial charge in [0.25, 0.3) is 0 Å². The third-order valence-corrected chi connectivity index (χ3v) is 2.43. The molecule has 0 heterocycles. The molecule has 0 spiro atoms. The molecule has 1 unspecified atom stereocenters. The van der Waals surface area contributed by atoms with Crippen molar-refractivity contribution in [2.45, 2.75) is 26.4 Å². The second-order valence-electron chi connectivity index (χ2n) is 4.41. The van der Waals surface area contributed by atoms with Crippen molar-refractivity contribution in [2.75, 3.05) is 13.7 Å². The summed E-state index contributed by atoms with van der Waals surface area (Å²) >= 11 is 0. The summed E-state index contributed by atoms with van der Waals surface area (Å²) in [5.74, 6) is 0.658. The molecule has 0 aromatic heterocycles. The Hall–Kier alpha value is -0.900. The Morgan fingerprint density at radius 3 is 2.38 bits per heavy atom. The summed E-state index contributed by atoms with van der Waals surface area (Å²) < 4.78 is 0. The Morgan fingerprint density at radius 2 is 1.88 bits per heavy atom. The van der Waals surface area contributed by atoms with E-state index in [1.54, 1.807) is 7.11 Å². The van der Waals surface area contributed by atoms with E-state index in [0.29, 0.717) is 12.5 Å². The molecule has 1 atom stereocenters. The molecular weight excluding hydrogens is 202 g/mol. The van der Waals surface area contributed by atoms with Crippen LogP contribution in [0.15, 0.2) is 24.3 Å². The van der Waals surface area contributed by atoms with Gasteiger partial charge in [-0.25, -0.2) is 0 Å². The van der Waals surface area contributed by atoms with Crippen molar-refractivity contribution in [3.8, 4) is 0 Å². The molecule has 0 saturated heterocycles. The molecule has 0 aliphatic rings. The van der Waals surface area contributed by atoms with Gasteiger partial charge in [-0.05, 0) is 23.5 Å². The molecule has 90 valence electrons. The number of hydrogen-bond acceptors (Lipinski definition) is 3. The molecule has 0 fully saturated rings. The van der Waals surface area contributed by atoms with Crippen LogP contribution in [0.4, 0.5) is 0 Å². The minimum Gasteiger partial charge on any atom is -0.387 e. The fourth-order valence-electron chi connectivity index (χ4n) is 1.63. The number of nitrogens with one attached hydrogen (secondary N) is 1. The van der Waals surface area contributed by atoms with E-state index in [4.69, 9.17) is 4.84 Å². The quantitative estimate of drug-likeness (QED) is 0.725. The molecule has 0 bridgehead atoms. The van der Waals surface area contributed by atoms with Crippen LogP contribution in [0, 0.1) is 5.92 Å². The lowest BCUT2D eigenvalue weighted by atomic mass is 10.0. The lowest BCUT2D eigenvalue weighted by molar-refractivity contribution is 0.0499. The second kappa shape index (κ2) is 6.63.